The Morgan fingerprint density at radius 1 is 1.15 bits per heavy atom. The Kier molecular flexibility index (Phi) is 5.60. The fraction of sp³-hybridized carbons (Fsp3) is 0.333. The van der Waals surface area contributed by atoms with Crippen molar-refractivity contribution in [2.45, 2.75) is 12.7 Å². The number of nitrogens with zero attached hydrogens (tertiary/aromatic N) is 4. The average Bonchev–Trinajstić information content (AvgIpc) is 2.82. The third kappa shape index (κ3) is 4.34. The second-order valence-corrected chi connectivity index (χ2v) is 8.46. The number of pyridine rings is 1. The number of amides is 1. The predicted molar refractivity (Wildman–Crippen MR) is 117 cm³/mol. The number of carbonyl (C=O) groups is 1. The van der Waals surface area contributed by atoms with Crippen LogP contribution in [0.2, 0.25) is 0 Å². The Morgan fingerprint density at radius 3 is 2.82 bits per heavy atom. The summed E-state index contributed by atoms with van der Waals surface area (Å²) in [5.41, 5.74) is -0.0382. The lowest BCUT2D eigenvalue weighted by atomic mass is 10.1. The zero-order valence-electron chi connectivity index (χ0n) is 17.2. The monoisotopic (exact) mass is 477 g/mol. The Morgan fingerprint density at radius 2 is 2.00 bits per heavy atom. The van der Waals surface area contributed by atoms with Crippen molar-refractivity contribution in [2.75, 3.05) is 41.5 Å². The molecule has 33 heavy (non-hydrogen) atoms. The second kappa shape index (κ2) is 8.58. The number of benzene rings is 1. The van der Waals surface area contributed by atoms with E-state index in [1.54, 1.807) is 28.8 Å². The number of alkyl halides is 3. The van der Waals surface area contributed by atoms with Gasteiger partial charge in [-0.15, -0.1) is 0 Å². The molecule has 1 N–H and O–H groups in total. The van der Waals surface area contributed by atoms with Gasteiger partial charge in [-0.05, 0) is 12.1 Å². The van der Waals surface area contributed by atoms with E-state index in [0.717, 1.165) is 11.8 Å². The van der Waals surface area contributed by atoms with Gasteiger partial charge in [-0.1, -0.05) is 12.1 Å². The van der Waals surface area contributed by atoms with E-state index in [-0.39, 0.29) is 37.4 Å². The maximum absolute atomic E-state index is 13.5. The van der Waals surface area contributed by atoms with Gasteiger partial charge in [-0.3, -0.25) is 9.69 Å². The predicted octanol–water partition coefficient (Wildman–Crippen LogP) is 3.51. The molecular weight excluding hydrogens is 459 g/mol. The van der Waals surface area contributed by atoms with Gasteiger partial charge in [0, 0.05) is 29.8 Å². The summed E-state index contributed by atoms with van der Waals surface area (Å²) >= 11 is 1.57. The van der Waals surface area contributed by atoms with Crippen LogP contribution >= 0.6 is 11.8 Å². The molecule has 1 aromatic carbocycles. The number of thioether (sulfide) groups is 1. The lowest BCUT2D eigenvalue weighted by Crippen LogP contribution is -2.38. The highest BCUT2D eigenvalue weighted by molar-refractivity contribution is 8.00. The average molecular weight is 477 g/mol. The van der Waals surface area contributed by atoms with Crippen molar-refractivity contribution in [3.05, 3.63) is 41.6 Å². The van der Waals surface area contributed by atoms with E-state index in [1.165, 1.54) is 12.3 Å². The SMILES string of the molecule is O=C1CSCCN1c1cc2c3nc(nc2cn1)OCCOc1c(cccc1C(F)(F)F)CN3. The van der Waals surface area contributed by atoms with Gasteiger partial charge in [0.15, 0.2) is 0 Å². The van der Waals surface area contributed by atoms with Crippen LogP contribution in [0.4, 0.5) is 24.8 Å². The van der Waals surface area contributed by atoms with E-state index in [2.05, 4.69) is 20.3 Å². The normalized spacial score (nSPS) is 16.8. The van der Waals surface area contributed by atoms with Crippen molar-refractivity contribution >= 4 is 40.2 Å². The Balaban J connectivity index is 1.55. The standard InChI is InChI=1S/C21H18F3N5O3S/c22-21(23,24)14-3-1-2-12-9-26-19-13-8-16(29-4-7-33-11-17(29)30)25-10-15(13)27-20(28-19)32-6-5-31-18(12)14/h1-3,8,10H,4-7,9,11H2,(H,26,27,28). The summed E-state index contributed by atoms with van der Waals surface area (Å²) in [6.07, 6.45) is -3.03. The zero-order chi connectivity index (χ0) is 23.0. The van der Waals surface area contributed by atoms with E-state index in [0.29, 0.717) is 40.4 Å². The maximum atomic E-state index is 13.5. The lowest BCUT2D eigenvalue weighted by Gasteiger charge is -2.25. The molecule has 3 aromatic rings. The summed E-state index contributed by atoms with van der Waals surface area (Å²) < 4.78 is 51.6. The number of carbonyl (C=O) groups excluding carboxylic acids is 1. The van der Waals surface area contributed by atoms with Crippen LogP contribution < -0.4 is 19.7 Å². The summed E-state index contributed by atoms with van der Waals surface area (Å²) in [4.78, 5) is 27.0. The molecule has 2 aromatic heterocycles. The highest BCUT2D eigenvalue weighted by atomic mass is 32.2. The minimum atomic E-state index is -4.56. The van der Waals surface area contributed by atoms with E-state index in [1.807, 2.05) is 0 Å². The number of anilines is 2. The summed E-state index contributed by atoms with van der Waals surface area (Å²) in [6.45, 7) is 0.421. The van der Waals surface area contributed by atoms with Gasteiger partial charge in [0.2, 0.25) is 5.91 Å². The smallest absolute Gasteiger partial charge is 0.419 e. The van der Waals surface area contributed by atoms with Crippen molar-refractivity contribution in [2.24, 2.45) is 0 Å². The van der Waals surface area contributed by atoms with Crippen LogP contribution in [0, 0.1) is 0 Å². The molecule has 8 nitrogen and oxygen atoms in total. The number of ether oxygens (including phenoxy) is 2. The van der Waals surface area contributed by atoms with Gasteiger partial charge in [0.05, 0.1) is 23.0 Å². The van der Waals surface area contributed by atoms with Crippen LogP contribution in [0.3, 0.4) is 0 Å². The molecule has 1 saturated heterocycles. The zero-order valence-corrected chi connectivity index (χ0v) is 18.0. The van der Waals surface area contributed by atoms with E-state index in [9.17, 15) is 18.0 Å². The number of hydrogen-bond acceptors (Lipinski definition) is 8. The number of fused-ring (bicyclic) bond motifs is 5. The third-order valence-corrected chi connectivity index (χ3v) is 6.14. The van der Waals surface area contributed by atoms with Crippen molar-refractivity contribution in [1.29, 1.82) is 0 Å². The van der Waals surface area contributed by atoms with Crippen LogP contribution in [0.1, 0.15) is 11.1 Å². The number of halogens is 3. The van der Waals surface area contributed by atoms with Gasteiger partial charge < -0.3 is 14.8 Å². The number of para-hydroxylation sites is 1. The van der Waals surface area contributed by atoms with E-state index in [4.69, 9.17) is 9.47 Å². The van der Waals surface area contributed by atoms with Gasteiger partial charge >= 0.3 is 12.2 Å². The molecule has 2 bridgehead atoms. The quantitative estimate of drug-likeness (QED) is 0.570. The van der Waals surface area contributed by atoms with Gasteiger partial charge in [-0.25, -0.2) is 4.98 Å². The van der Waals surface area contributed by atoms with Crippen LogP contribution in [0.15, 0.2) is 30.5 Å². The molecule has 5 rings (SSSR count). The highest BCUT2D eigenvalue weighted by Crippen LogP contribution is 2.39. The molecule has 0 atom stereocenters. The third-order valence-electron chi connectivity index (χ3n) is 5.22. The molecule has 0 radical (unpaired) electrons. The highest BCUT2D eigenvalue weighted by Gasteiger charge is 2.35. The number of rotatable bonds is 1. The van der Waals surface area contributed by atoms with Crippen molar-refractivity contribution in [3.63, 3.8) is 0 Å². The first-order valence-electron chi connectivity index (χ1n) is 10.1. The van der Waals surface area contributed by atoms with Crippen molar-refractivity contribution in [1.82, 2.24) is 15.0 Å². The largest absolute Gasteiger partial charge is 0.489 e. The lowest BCUT2D eigenvalue weighted by molar-refractivity contribution is -0.139. The summed E-state index contributed by atoms with van der Waals surface area (Å²) in [5.74, 6) is 1.74. The molecule has 0 aliphatic carbocycles. The molecule has 12 heteroatoms. The summed E-state index contributed by atoms with van der Waals surface area (Å²) in [7, 11) is 0. The fourth-order valence-electron chi connectivity index (χ4n) is 3.68. The Hall–Kier alpha value is -3.28. The molecule has 1 fully saturated rings. The van der Waals surface area contributed by atoms with E-state index >= 15 is 0 Å². The molecule has 1 amide bonds. The molecule has 0 unspecified atom stereocenters. The van der Waals surface area contributed by atoms with Crippen LogP contribution in [-0.4, -0.2) is 52.1 Å². The number of nitrogens with one attached hydrogen (secondary N) is 1. The maximum Gasteiger partial charge on any atom is 0.419 e. The first kappa shape index (κ1) is 21.6. The summed E-state index contributed by atoms with van der Waals surface area (Å²) in [5, 5.41) is 3.66. The molecular formula is C21H18F3N5O3S. The number of aromatic nitrogens is 3. The Labute approximate surface area is 190 Å². The fourth-order valence-corrected chi connectivity index (χ4v) is 4.47. The van der Waals surface area contributed by atoms with Crippen molar-refractivity contribution < 1.29 is 27.4 Å². The van der Waals surface area contributed by atoms with E-state index < -0.39 is 11.7 Å². The van der Waals surface area contributed by atoms with Crippen molar-refractivity contribution in [3.8, 4) is 11.8 Å². The molecule has 0 saturated carbocycles. The number of hydrogen-bond donors (Lipinski definition) is 1. The molecule has 2 aliphatic heterocycles. The Bertz CT molecular complexity index is 1220. The summed E-state index contributed by atoms with van der Waals surface area (Å²) in [6, 6.07) is 5.65. The van der Waals surface area contributed by atoms with Gasteiger partial charge in [0.25, 0.3) is 0 Å². The molecule has 0 spiro atoms. The van der Waals surface area contributed by atoms with Crippen LogP contribution in [0.25, 0.3) is 10.9 Å². The van der Waals surface area contributed by atoms with Crippen LogP contribution in [-0.2, 0) is 17.5 Å². The topological polar surface area (TPSA) is 89.5 Å². The minimum Gasteiger partial charge on any atom is -0.489 e. The minimum absolute atomic E-state index is 0.0295. The van der Waals surface area contributed by atoms with Crippen LogP contribution in [0.5, 0.6) is 11.8 Å². The molecule has 4 heterocycles. The molecule has 2 aliphatic rings. The second-order valence-electron chi connectivity index (χ2n) is 7.35. The molecule has 172 valence electrons. The first-order valence-corrected chi connectivity index (χ1v) is 11.3. The van der Waals surface area contributed by atoms with Gasteiger partial charge in [0.1, 0.15) is 30.6 Å². The van der Waals surface area contributed by atoms with Gasteiger partial charge in [-0.2, -0.15) is 34.9 Å². The first-order chi connectivity index (χ1) is 15.9.